The van der Waals surface area contributed by atoms with Crippen LogP contribution >= 0.6 is 0 Å². The molecule has 0 bridgehead atoms. The summed E-state index contributed by atoms with van der Waals surface area (Å²) in [5, 5.41) is 0. The molecular weight excluding hydrogens is 807 g/mol. The number of hydrogen-bond acceptors (Lipinski definition) is 1. The fourth-order valence-electron chi connectivity index (χ4n) is 8.07. The minimum Gasteiger partial charge on any atom is -0.311 e. The van der Waals surface area contributed by atoms with Gasteiger partial charge in [-0.1, -0.05) is 252 Å². The second-order valence-corrected chi connectivity index (χ2v) is 25.1. The fraction of sp³-hybridized carbons (Fsp3) is 0.364. The van der Waals surface area contributed by atoms with E-state index in [1.54, 1.807) is 0 Å². The van der Waals surface area contributed by atoms with Gasteiger partial charge < -0.3 is 4.90 Å². The van der Waals surface area contributed by atoms with E-state index >= 15 is 0 Å². The zero-order valence-electron chi connectivity index (χ0n) is 44.5. The van der Waals surface area contributed by atoms with E-state index in [0.717, 1.165) is 17.1 Å². The number of anilines is 3. The van der Waals surface area contributed by atoms with Crippen LogP contribution in [0.4, 0.5) is 17.1 Å². The average Bonchev–Trinajstić information content (AvgIpc) is 3.23. The van der Waals surface area contributed by atoms with Crippen molar-refractivity contribution in [1.29, 1.82) is 0 Å². The molecule has 0 radical (unpaired) electrons. The smallest absolute Gasteiger partial charge is 0.0462 e. The van der Waals surface area contributed by atoms with Gasteiger partial charge in [0.25, 0.3) is 0 Å². The molecule has 0 aliphatic heterocycles. The maximum absolute atomic E-state index is 2.38. The van der Waals surface area contributed by atoms with E-state index in [1.165, 1.54) is 66.8 Å². The van der Waals surface area contributed by atoms with Crippen LogP contribution < -0.4 is 4.90 Å². The minimum absolute atomic E-state index is 0.0698. The first-order chi connectivity index (χ1) is 30.9. The zero-order chi connectivity index (χ0) is 49.3. The van der Waals surface area contributed by atoms with Crippen LogP contribution in [0, 0.1) is 0 Å². The second kappa shape index (κ2) is 19.1. The fourth-order valence-corrected chi connectivity index (χ4v) is 8.07. The molecule has 0 saturated heterocycles. The van der Waals surface area contributed by atoms with Crippen LogP contribution in [0.15, 0.2) is 127 Å². The van der Waals surface area contributed by atoms with Crippen molar-refractivity contribution < 1.29 is 0 Å². The largest absolute Gasteiger partial charge is 0.311 e. The van der Waals surface area contributed by atoms with Gasteiger partial charge in [0.1, 0.15) is 0 Å². The van der Waals surface area contributed by atoms with Crippen LogP contribution in [0.3, 0.4) is 0 Å². The van der Waals surface area contributed by atoms with Gasteiger partial charge in [-0.2, -0.15) is 0 Å². The van der Waals surface area contributed by atoms with Crippen LogP contribution in [-0.4, -0.2) is 0 Å². The Morgan fingerprint density at radius 2 is 0.388 bits per heavy atom. The summed E-state index contributed by atoms with van der Waals surface area (Å²) in [6.45, 7) is 41.4. The van der Waals surface area contributed by atoms with Crippen molar-refractivity contribution in [2.24, 2.45) is 0 Å². The third-order valence-corrected chi connectivity index (χ3v) is 12.9. The van der Waals surface area contributed by atoms with Crippen molar-refractivity contribution in [2.45, 2.75) is 157 Å². The molecule has 0 spiro atoms. The summed E-state index contributed by atoms with van der Waals surface area (Å²) in [6, 6.07) is 48.1. The van der Waals surface area contributed by atoms with Gasteiger partial charge in [0.15, 0.2) is 0 Å². The van der Waals surface area contributed by atoms with Gasteiger partial charge in [-0.3, -0.25) is 0 Å². The lowest BCUT2D eigenvalue weighted by Crippen LogP contribution is -2.16. The summed E-state index contributed by atoms with van der Waals surface area (Å²) in [5.41, 5.74) is 19.1. The van der Waals surface area contributed by atoms with Crippen LogP contribution in [0.25, 0.3) is 36.5 Å². The first-order valence-electron chi connectivity index (χ1n) is 24.6. The average molecular weight is 888 g/mol. The van der Waals surface area contributed by atoms with Crippen LogP contribution in [0.5, 0.6) is 0 Å². The Balaban J connectivity index is 1.34. The normalized spacial score (nSPS) is 13.3. The monoisotopic (exact) mass is 888 g/mol. The molecule has 0 heterocycles. The van der Waals surface area contributed by atoms with Crippen molar-refractivity contribution >= 4 is 53.5 Å². The lowest BCUT2D eigenvalue weighted by molar-refractivity contribution is 0.568. The number of nitrogens with zero attached hydrogens (tertiary/aromatic N) is 1. The van der Waals surface area contributed by atoms with E-state index in [4.69, 9.17) is 0 Å². The topological polar surface area (TPSA) is 3.24 Å². The molecule has 0 atom stereocenters. The molecule has 0 unspecified atom stereocenters. The number of benzene rings is 6. The Hall–Kier alpha value is -5.66. The van der Waals surface area contributed by atoms with Gasteiger partial charge in [-0.25, -0.2) is 0 Å². The van der Waals surface area contributed by atoms with Crippen LogP contribution in [-0.2, 0) is 32.5 Å². The molecule has 6 rings (SSSR count). The number of hydrogen-bond donors (Lipinski definition) is 0. The highest BCUT2D eigenvalue weighted by atomic mass is 15.1. The third-order valence-electron chi connectivity index (χ3n) is 12.9. The van der Waals surface area contributed by atoms with Gasteiger partial charge in [0.2, 0.25) is 0 Å². The van der Waals surface area contributed by atoms with E-state index in [2.05, 4.69) is 293 Å². The van der Waals surface area contributed by atoms with Crippen molar-refractivity contribution in [2.75, 3.05) is 4.90 Å². The van der Waals surface area contributed by atoms with E-state index in [1.807, 2.05) is 0 Å². The van der Waals surface area contributed by atoms with E-state index < -0.39 is 0 Å². The van der Waals surface area contributed by atoms with Crippen molar-refractivity contribution in [3.8, 4) is 0 Å². The zero-order valence-corrected chi connectivity index (χ0v) is 44.5. The predicted molar refractivity (Wildman–Crippen MR) is 299 cm³/mol. The Kier molecular flexibility index (Phi) is 14.5. The minimum atomic E-state index is 0.0698. The molecule has 1 heteroatoms. The first kappa shape index (κ1) is 50.7. The molecule has 0 aliphatic carbocycles. The van der Waals surface area contributed by atoms with Crippen LogP contribution in [0.2, 0.25) is 0 Å². The highest BCUT2D eigenvalue weighted by Crippen LogP contribution is 2.38. The Labute approximate surface area is 407 Å². The second-order valence-electron chi connectivity index (χ2n) is 25.1. The maximum Gasteiger partial charge on any atom is 0.0462 e. The molecule has 0 amide bonds. The molecular formula is C66H81N. The highest BCUT2D eigenvalue weighted by molar-refractivity contribution is 5.81. The standard InChI is InChI=1S/C66H81N/c1-61(2,3)52-37-49(38-53(43-52)62(4,5)6)22-19-46-25-31-58(32-26-46)67(59-33-27-47(28-34-59)20-23-50-39-54(63(7,8)9)44-55(40-50)64(10,11)12)60-35-29-48(30-36-60)21-24-51-41-56(65(13,14)15)45-57(42-51)66(16,17)18/h19-45H,1-18H3. The van der Waals surface area contributed by atoms with Gasteiger partial charge in [-0.15, -0.1) is 0 Å². The molecule has 0 saturated carbocycles. The molecule has 350 valence electrons. The van der Waals surface area contributed by atoms with E-state index in [0.29, 0.717) is 0 Å². The lowest BCUT2D eigenvalue weighted by Gasteiger charge is -2.26. The molecule has 6 aromatic rings. The summed E-state index contributed by atoms with van der Waals surface area (Å²) >= 11 is 0. The lowest BCUT2D eigenvalue weighted by atomic mass is 9.79. The molecule has 6 aromatic carbocycles. The maximum atomic E-state index is 2.38. The van der Waals surface area contributed by atoms with Crippen molar-refractivity contribution in [3.63, 3.8) is 0 Å². The molecule has 0 aromatic heterocycles. The van der Waals surface area contributed by atoms with Crippen molar-refractivity contribution in [1.82, 2.24) is 0 Å². The number of rotatable bonds is 9. The predicted octanol–water partition coefficient (Wildman–Crippen LogP) is 19.5. The third kappa shape index (κ3) is 13.5. The molecule has 0 fully saturated rings. The summed E-state index contributed by atoms with van der Waals surface area (Å²) in [6.07, 6.45) is 13.5. The Morgan fingerprint density at radius 3 is 0.552 bits per heavy atom. The van der Waals surface area contributed by atoms with E-state index in [9.17, 15) is 0 Å². The Bertz CT molecular complexity index is 2320. The van der Waals surface area contributed by atoms with Gasteiger partial charge in [0.05, 0.1) is 0 Å². The van der Waals surface area contributed by atoms with Gasteiger partial charge in [-0.05, 0) is 136 Å². The quantitative estimate of drug-likeness (QED) is 0.131. The molecule has 0 aliphatic rings. The molecule has 1 nitrogen and oxygen atoms in total. The van der Waals surface area contributed by atoms with Crippen molar-refractivity contribution in [3.05, 3.63) is 194 Å². The first-order valence-corrected chi connectivity index (χ1v) is 24.6. The Morgan fingerprint density at radius 1 is 0.224 bits per heavy atom. The molecule has 0 N–H and O–H groups in total. The summed E-state index contributed by atoms with van der Waals surface area (Å²) < 4.78 is 0. The van der Waals surface area contributed by atoms with E-state index in [-0.39, 0.29) is 32.5 Å². The SMILES string of the molecule is CC(C)(C)c1cc(C=Cc2ccc(N(c3ccc(C=Cc4cc(C(C)(C)C)cc(C(C)(C)C)c4)cc3)c3ccc(C=Cc4cc(C(C)(C)C)cc(C(C)(C)C)c4)cc3)cc2)cc(C(C)(C)C)c1. The van der Waals surface area contributed by atoms with Gasteiger partial charge in [0, 0.05) is 17.1 Å². The summed E-state index contributed by atoms with van der Waals surface area (Å²) in [7, 11) is 0. The summed E-state index contributed by atoms with van der Waals surface area (Å²) in [4.78, 5) is 2.36. The summed E-state index contributed by atoms with van der Waals surface area (Å²) in [5.74, 6) is 0. The van der Waals surface area contributed by atoms with Crippen LogP contribution in [0.1, 0.15) is 191 Å². The highest BCUT2D eigenvalue weighted by Gasteiger charge is 2.23. The molecule has 67 heavy (non-hydrogen) atoms. The van der Waals surface area contributed by atoms with Gasteiger partial charge >= 0.3 is 0 Å².